The number of hydrogen-bond acceptors (Lipinski definition) is 4. The molecular formula is C20H30N4O3. The molecule has 4 aliphatic rings. The van der Waals surface area contributed by atoms with Crippen LogP contribution in [0.25, 0.3) is 0 Å². The highest BCUT2D eigenvalue weighted by molar-refractivity contribution is 5.76. The molecule has 3 heterocycles. The minimum atomic E-state index is -0.197. The molecular weight excluding hydrogens is 344 g/mol. The molecule has 4 rings (SSSR count). The Bertz CT molecular complexity index is 664. The molecule has 7 nitrogen and oxygen atoms in total. The number of urea groups is 1. The zero-order valence-electron chi connectivity index (χ0n) is 16.2. The fourth-order valence-corrected chi connectivity index (χ4v) is 4.61. The van der Waals surface area contributed by atoms with Gasteiger partial charge >= 0.3 is 12.1 Å². The molecule has 0 aromatic carbocycles. The number of allylic oxidation sites excluding steroid dienone is 1. The third-order valence-electron chi connectivity index (χ3n) is 6.42. The Hall–Kier alpha value is -2.18. The number of amides is 3. The lowest BCUT2D eigenvalue weighted by atomic mass is 9.91. The van der Waals surface area contributed by atoms with Crippen LogP contribution in [-0.2, 0) is 4.74 Å². The second-order valence-electron chi connectivity index (χ2n) is 8.59. The number of fused-ring (bicyclic) bond motifs is 1. The highest BCUT2D eigenvalue weighted by Crippen LogP contribution is 2.59. The minimum Gasteiger partial charge on any atom is -0.447 e. The van der Waals surface area contributed by atoms with Gasteiger partial charge in [-0.1, -0.05) is 0 Å². The maximum atomic E-state index is 12.5. The summed E-state index contributed by atoms with van der Waals surface area (Å²) in [5.74, 6) is 0.937. The SMILES string of the molecule is CC(C)OC(=O)N1CCC2(CC1)CC2CNC(=O)N1C=C2C=CNCC2C1. The van der Waals surface area contributed by atoms with E-state index in [4.69, 9.17) is 4.74 Å². The molecule has 1 aliphatic carbocycles. The van der Waals surface area contributed by atoms with Gasteiger partial charge in [0, 0.05) is 44.8 Å². The van der Waals surface area contributed by atoms with E-state index in [1.165, 1.54) is 5.57 Å². The van der Waals surface area contributed by atoms with Gasteiger partial charge in [-0.3, -0.25) is 0 Å². The standard InChI is InChI=1S/C20H30N4O3/c1-14(2)27-19(26)23-7-4-20(5-8-23)9-17(20)11-22-18(25)24-12-15-3-6-21-10-16(15)13-24/h3,6,12,14,16-17,21H,4-5,7-11,13H2,1-2H3,(H,22,25). The molecule has 27 heavy (non-hydrogen) atoms. The number of carbonyl (C=O) groups excluding carboxylic acids is 2. The van der Waals surface area contributed by atoms with Crippen LogP contribution in [0, 0.1) is 17.3 Å². The van der Waals surface area contributed by atoms with Crippen molar-refractivity contribution >= 4 is 12.1 Å². The number of hydrogen-bond donors (Lipinski definition) is 2. The normalized spacial score (nSPS) is 27.9. The minimum absolute atomic E-state index is 0.00490. The molecule has 2 unspecified atom stereocenters. The molecule has 0 bridgehead atoms. The number of likely N-dealkylation sites (tertiary alicyclic amines) is 1. The van der Waals surface area contributed by atoms with E-state index in [-0.39, 0.29) is 18.2 Å². The number of ether oxygens (including phenoxy) is 1. The van der Waals surface area contributed by atoms with Gasteiger partial charge < -0.3 is 25.2 Å². The number of rotatable bonds is 3. The van der Waals surface area contributed by atoms with Crippen molar-refractivity contribution in [2.45, 2.75) is 39.2 Å². The second kappa shape index (κ2) is 7.09. The van der Waals surface area contributed by atoms with Gasteiger partial charge in [-0.25, -0.2) is 9.59 Å². The fraction of sp³-hybridized carbons (Fsp3) is 0.700. The molecule has 7 heteroatoms. The molecule has 1 saturated heterocycles. The Kier molecular flexibility index (Phi) is 4.78. The molecule has 3 amide bonds. The van der Waals surface area contributed by atoms with E-state index in [1.807, 2.05) is 31.1 Å². The van der Waals surface area contributed by atoms with Gasteiger partial charge in [0.05, 0.1) is 6.10 Å². The van der Waals surface area contributed by atoms with Crippen LogP contribution in [-0.4, -0.2) is 60.8 Å². The van der Waals surface area contributed by atoms with Gasteiger partial charge in [0.1, 0.15) is 0 Å². The van der Waals surface area contributed by atoms with Crippen molar-refractivity contribution in [1.29, 1.82) is 0 Å². The third kappa shape index (κ3) is 3.77. The lowest BCUT2D eigenvalue weighted by Gasteiger charge is -2.32. The van der Waals surface area contributed by atoms with Crippen molar-refractivity contribution in [3.05, 3.63) is 24.0 Å². The quantitative estimate of drug-likeness (QED) is 0.795. The van der Waals surface area contributed by atoms with E-state index in [2.05, 4.69) is 16.7 Å². The Balaban J connectivity index is 1.21. The zero-order valence-corrected chi connectivity index (χ0v) is 16.2. The van der Waals surface area contributed by atoms with E-state index < -0.39 is 0 Å². The van der Waals surface area contributed by atoms with Crippen LogP contribution < -0.4 is 10.6 Å². The number of nitrogens with zero attached hydrogens (tertiary/aromatic N) is 2. The van der Waals surface area contributed by atoms with Gasteiger partial charge in [0.2, 0.25) is 0 Å². The molecule has 3 aliphatic heterocycles. The summed E-state index contributed by atoms with van der Waals surface area (Å²) < 4.78 is 5.29. The van der Waals surface area contributed by atoms with Crippen LogP contribution in [0.2, 0.25) is 0 Å². The molecule has 1 saturated carbocycles. The Morgan fingerprint density at radius 3 is 2.85 bits per heavy atom. The van der Waals surface area contributed by atoms with Crippen LogP contribution in [0.4, 0.5) is 9.59 Å². The first-order chi connectivity index (χ1) is 13.0. The third-order valence-corrected chi connectivity index (χ3v) is 6.42. The van der Waals surface area contributed by atoms with E-state index in [1.54, 1.807) is 4.90 Å². The predicted octanol–water partition coefficient (Wildman–Crippen LogP) is 2.28. The second-order valence-corrected chi connectivity index (χ2v) is 8.59. The Morgan fingerprint density at radius 1 is 1.37 bits per heavy atom. The highest BCUT2D eigenvalue weighted by Gasteiger charge is 2.55. The summed E-state index contributed by atoms with van der Waals surface area (Å²) in [5.41, 5.74) is 1.54. The van der Waals surface area contributed by atoms with Crippen molar-refractivity contribution in [2.24, 2.45) is 17.3 Å². The molecule has 148 valence electrons. The smallest absolute Gasteiger partial charge is 0.410 e. The van der Waals surface area contributed by atoms with Crippen molar-refractivity contribution in [3.8, 4) is 0 Å². The molecule has 2 atom stereocenters. The summed E-state index contributed by atoms with van der Waals surface area (Å²) in [6.07, 6.45) is 8.86. The van der Waals surface area contributed by atoms with Crippen LogP contribution in [0.3, 0.4) is 0 Å². The molecule has 2 fully saturated rings. The van der Waals surface area contributed by atoms with E-state index in [0.29, 0.717) is 17.3 Å². The van der Waals surface area contributed by atoms with Gasteiger partial charge in [-0.15, -0.1) is 0 Å². The summed E-state index contributed by atoms with van der Waals surface area (Å²) in [4.78, 5) is 28.1. The van der Waals surface area contributed by atoms with Crippen molar-refractivity contribution < 1.29 is 14.3 Å². The van der Waals surface area contributed by atoms with Gasteiger partial charge in [-0.2, -0.15) is 0 Å². The summed E-state index contributed by atoms with van der Waals surface area (Å²) >= 11 is 0. The lowest BCUT2D eigenvalue weighted by Crippen LogP contribution is -2.42. The van der Waals surface area contributed by atoms with Gasteiger partial charge in [-0.05, 0) is 62.3 Å². The van der Waals surface area contributed by atoms with E-state index >= 15 is 0 Å². The summed E-state index contributed by atoms with van der Waals surface area (Å²) in [7, 11) is 0. The zero-order chi connectivity index (χ0) is 19.0. The van der Waals surface area contributed by atoms with E-state index in [9.17, 15) is 9.59 Å². The fourth-order valence-electron chi connectivity index (χ4n) is 4.61. The molecule has 1 spiro atoms. The molecule has 2 N–H and O–H groups in total. The monoisotopic (exact) mass is 374 g/mol. The highest BCUT2D eigenvalue weighted by atomic mass is 16.6. The topological polar surface area (TPSA) is 73.9 Å². The molecule has 0 radical (unpaired) electrons. The van der Waals surface area contributed by atoms with Crippen LogP contribution >= 0.6 is 0 Å². The summed E-state index contributed by atoms with van der Waals surface area (Å²) in [5, 5.41) is 6.34. The average Bonchev–Trinajstić information content (AvgIpc) is 3.12. The Labute approximate surface area is 160 Å². The molecule has 0 aromatic heterocycles. The largest absolute Gasteiger partial charge is 0.447 e. The van der Waals surface area contributed by atoms with Crippen molar-refractivity contribution in [2.75, 3.05) is 32.7 Å². The number of nitrogens with one attached hydrogen (secondary N) is 2. The number of piperidine rings is 1. The first-order valence-corrected chi connectivity index (χ1v) is 10.1. The van der Waals surface area contributed by atoms with Crippen LogP contribution in [0.1, 0.15) is 33.1 Å². The van der Waals surface area contributed by atoms with Crippen LogP contribution in [0.15, 0.2) is 24.0 Å². The maximum Gasteiger partial charge on any atom is 0.410 e. The van der Waals surface area contributed by atoms with E-state index in [0.717, 1.165) is 52.0 Å². The lowest BCUT2D eigenvalue weighted by molar-refractivity contribution is 0.0619. The maximum absolute atomic E-state index is 12.5. The van der Waals surface area contributed by atoms with Gasteiger partial charge in [0.15, 0.2) is 0 Å². The van der Waals surface area contributed by atoms with Crippen LogP contribution in [0.5, 0.6) is 0 Å². The van der Waals surface area contributed by atoms with Gasteiger partial charge in [0.25, 0.3) is 0 Å². The summed E-state index contributed by atoms with van der Waals surface area (Å²) in [6.45, 7) is 7.65. The molecule has 0 aromatic rings. The van der Waals surface area contributed by atoms with Crippen molar-refractivity contribution in [1.82, 2.24) is 20.4 Å². The Morgan fingerprint density at radius 2 is 2.15 bits per heavy atom. The summed E-state index contributed by atoms with van der Waals surface area (Å²) in [6, 6.07) is 0.00490. The van der Waals surface area contributed by atoms with Crippen molar-refractivity contribution in [3.63, 3.8) is 0 Å². The predicted molar refractivity (Wildman–Crippen MR) is 102 cm³/mol. The first kappa shape index (κ1) is 18.2. The first-order valence-electron chi connectivity index (χ1n) is 10.1. The number of carbonyl (C=O) groups is 2. The average molecular weight is 374 g/mol.